The van der Waals surface area contributed by atoms with Crippen LogP contribution in [0.5, 0.6) is 0 Å². The lowest BCUT2D eigenvalue weighted by molar-refractivity contribution is -0.140. The van der Waals surface area contributed by atoms with E-state index in [4.69, 9.17) is 0 Å². The maximum Gasteiger partial charge on any atom is 0.231 e. The van der Waals surface area contributed by atoms with Crippen molar-refractivity contribution in [1.29, 1.82) is 0 Å². The van der Waals surface area contributed by atoms with Gasteiger partial charge in [0, 0.05) is 23.0 Å². The normalized spacial score (nSPS) is 17.4. The fraction of sp³-hybridized carbons (Fsp3) is 0.333. The smallest absolute Gasteiger partial charge is 0.231 e. The lowest BCUT2D eigenvalue weighted by Crippen LogP contribution is -2.42. The summed E-state index contributed by atoms with van der Waals surface area (Å²) in [5.41, 5.74) is 0.874. The molecule has 1 atom stereocenters. The Bertz CT molecular complexity index is 446. The average molecular weight is 297 g/mol. The quantitative estimate of drug-likeness (QED) is 0.871. The van der Waals surface area contributed by atoms with E-state index in [1.165, 1.54) is 4.90 Å². The summed E-state index contributed by atoms with van der Waals surface area (Å²) in [4.78, 5) is 24.4. The van der Waals surface area contributed by atoms with E-state index in [9.17, 15) is 9.59 Å². The van der Waals surface area contributed by atoms with Gasteiger partial charge in [0.05, 0.1) is 0 Å². The predicted octanol–water partition coefficient (Wildman–Crippen LogP) is 2.36. The zero-order valence-corrected chi connectivity index (χ0v) is 11.0. The van der Waals surface area contributed by atoms with Crippen LogP contribution in [-0.2, 0) is 9.59 Å². The summed E-state index contributed by atoms with van der Waals surface area (Å²) in [5, 5.41) is 3.14. The lowest BCUT2D eigenvalue weighted by Gasteiger charge is -2.24. The Morgan fingerprint density at radius 1 is 1.29 bits per heavy atom. The maximum absolute atomic E-state index is 11.5. The minimum atomic E-state index is -0.313. The van der Waals surface area contributed by atoms with Crippen LogP contribution < -0.4 is 5.32 Å². The summed E-state index contributed by atoms with van der Waals surface area (Å²) < 4.78 is 0.953. The first-order valence-corrected chi connectivity index (χ1v) is 6.24. The Morgan fingerprint density at radius 2 is 1.94 bits per heavy atom. The molecule has 0 spiro atoms. The molecule has 1 aliphatic heterocycles. The first-order chi connectivity index (χ1) is 8.08. The highest BCUT2D eigenvalue weighted by Gasteiger charge is 2.32. The molecular formula is C12H13BrN2O2. The van der Waals surface area contributed by atoms with Crippen LogP contribution >= 0.6 is 15.9 Å². The molecular weight excluding hydrogens is 284 g/mol. The number of rotatable bonds is 3. The summed E-state index contributed by atoms with van der Waals surface area (Å²) in [7, 11) is 0. The molecule has 0 aliphatic carbocycles. The summed E-state index contributed by atoms with van der Waals surface area (Å²) in [6, 6.07) is 7.61. The molecule has 1 saturated heterocycles. The molecule has 1 N–H and O–H groups in total. The molecule has 5 heteroatoms. The molecule has 2 rings (SSSR count). The molecule has 0 unspecified atom stereocenters. The van der Waals surface area contributed by atoms with E-state index in [1.807, 2.05) is 31.2 Å². The number of carbonyl (C=O) groups excluding carboxylic acids is 2. The standard InChI is InChI=1S/C12H13BrN2O2/c1-8(15-11(16)5-6-12(15)17)14-10-4-2-3-9(13)7-10/h2-4,7-8,14H,5-6H2,1H3/t8-/m1/s1. The Kier molecular flexibility index (Phi) is 3.47. The van der Waals surface area contributed by atoms with E-state index in [0.29, 0.717) is 12.8 Å². The van der Waals surface area contributed by atoms with E-state index in [-0.39, 0.29) is 18.0 Å². The topological polar surface area (TPSA) is 49.4 Å². The van der Waals surface area contributed by atoms with Crippen LogP contribution in [0.1, 0.15) is 19.8 Å². The molecule has 0 bridgehead atoms. The second-order valence-corrected chi connectivity index (χ2v) is 4.90. The van der Waals surface area contributed by atoms with Crippen LogP contribution in [-0.4, -0.2) is 22.9 Å². The van der Waals surface area contributed by atoms with Gasteiger partial charge in [-0.1, -0.05) is 22.0 Å². The minimum Gasteiger partial charge on any atom is -0.365 e. The zero-order chi connectivity index (χ0) is 12.4. The second-order valence-electron chi connectivity index (χ2n) is 3.99. The number of imide groups is 1. The maximum atomic E-state index is 11.5. The zero-order valence-electron chi connectivity index (χ0n) is 9.44. The molecule has 0 radical (unpaired) electrons. The third-order valence-corrected chi connectivity index (χ3v) is 3.17. The number of hydrogen-bond acceptors (Lipinski definition) is 3. The number of halogens is 1. The summed E-state index contributed by atoms with van der Waals surface area (Å²) in [6.45, 7) is 1.81. The van der Waals surface area contributed by atoms with Gasteiger partial charge in [0.2, 0.25) is 11.8 Å². The van der Waals surface area contributed by atoms with E-state index >= 15 is 0 Å². The number of anilines is 1. The summed E-state index contributed by atoms with van der Waals surface area (Å²) in [6.07, 6.45) is 0.332. The Morgan fingerprint density at radius 3 is 2.53 bits per heavy atom. The molecule has 0 aromatic heterocycles. The van der Waals surface area contributed by atoms with Crippen LogP contribution in [0, 0.1) is 0 Å². The second kappa shape index (κ2) is 4.87. The Balaban J connectivity index is 2.08. The fourth-order valence-corrected chi connectivity index (χ4v) is 2.31. The number of carbonyl (C=O) groups is 2. The average Bonchev–Trinajstić information content (AvgIpc) is 2.58. The van der Waals surface area contributed by atoms with Crippen LogP contribution in [0.4, 0.5) is 5.69 Å². The van der Waals surface area contributed by atoms with Gasteiger partial charge in [0.15, 0.2) is 0 Å². The van der Waals surface area contributed by atoms with Gasteiger partial charge in [-0.05, 0) is 25.1 Å². The Hall–Kier alpha value is -1.36. The summed E-state index contributed by atoms with van der Waals surface area (Å²) in [5.74, 6) is -0.213. The molecule has 1 aromatic carbocycles. The SMILES string of the molecule is C[C@H](Nc1cccc(Br)c1)N1C(=O)CCC1=O. The molecule has 1 fully saturated rings. The van der Waals surface area contributed by atoms with Crippen LogP contribution in [0.15, 0.2) is 28.7 Å². The predicted molar refractivity (Wildman–Crippen MR) is 68.3 cm³/mol. The van der Waals surface area contributed by atoms with Gasteiger partial charge in [-0.25, -0.2) is 0 Å². The number of hydrogen-bond donors (Lipinski definition) is 1. The molecule has 4 nitrogen and oxygen atoms in total. The monoisotopic (exact) mass is 296 g/mol. The Labute approximate surface area is 108 Å². The van der Waals surface area contributed by atoms with Crippen molar-refractivity contribution in [2.75, 3.05) is 5.32 Å². The molecule has 1 aliphatic rings. The molecule has 90 valence electrons. The molecule has 1 aromatic rings. The number of amides is 2. The van der Waals surface area contributed by atoms with Gasteiger partial charge >= 0.3 is 0 Å². The van der Waals surface area contributed by atoms with Crippen molar-refractivity contribution in [2.45, 2.75) is 25.9 Å². The molecule has 1 heterocycles. The van der Waals surface area contributed by atoms with Crippen molar-refractivity contribution in [3.63, 3.8) is 0 Å². The van der Waals surface area contributed by atoms with Crippen LogP contribution in [0.25, 0.3) is 0 Å². The van der Waals surface area contributed by atoms with E-state index in [1.54, 1.807) is 0 Å². The van der Waals surface area contributed by atoms with Gasteiger partial charge in [-0.3, -0.25) is 14.5 Å². The number of likely N-dealkylation sites (tertiary alicyclic amines) is 1. The fourth-order valence-electron chi connectivity index (χ4n) is 1.91. The molecule has 17 heavy (non-hydrogen) atoms. The van der Waals surface area contributed by atoms with Crippen LogP contribution in [0.2, 0.25) is 0 Å². The van der Waals surface area contributed by atoms with E-state index in [2.05, 4.69) is 21.2 Å². The van der Waals surface area contributed by atoms with Crippen molar-refractivity contribution in [3.05, 3.63) is 28.7 Å². The highest BCUT2D eigenvalue weighted by atomic mass is 79.9. The first kappa shape index (κ1) is 12.1. The summed E-state index contributed by atoms with van der Waals surface area (Å²) >= 11 is 3.37. The van der Waals surface area contributed by atoms with E-state index < -0.39 is 0 Å². The largest absolute Gasteiger partial charge is 0.365 e. The molecule has 2 amide bonds. The number of nitrogens with zero attached hydrogens (tertiary/aromatic N) is 1. The van der Waals surface area contributed by atoms with Crippen molar-refractivity contribution in [1.82, 2.24) is 4.90 Å². The highest BCUT2D eigenvalue weighted by Crippen LogP contribution is 2.20. The third kappa shape index (κ3) is 2.66. The van der Waals surface area contributed by atoms with Gasteiger partial charge in [-0.2, -0.15) is 0 Å². The number of nitrogens with one attached hydrogen (secondary N) is 1. The first-order valence-electron chi connectivity index (χ1n) is 5.45. The van der Waals surface area contributed by atoms with Gasteiger partial charge < -0.3 is 5.32 Å². The number of benzene rings is 1. The minimum absolute atomic E-state index is 0.106. The van der Waals surface area contributed by atoms with Crippen LogP contribution in [0.3, 0.4) is 0 Å². The van der Waals surface area contributed by atoms with E-state index in [0.717, 1.165) is 10.2 Å². The van der Waals surface area contributed by atoms with Gasteiger partial charge in [0.1, 0.15) is 6.17 Å². The molecule has 0 saturated carbocycles. The van der Waals surface area contributed by atoms with Gasteiger partial charge in [-0.15, -0.1) is 0 Å². The van der Waals surface area contributed by atoms with Crippen molar-refractivity contribution in [2.24, 2.45) is 0 Å². The lowest BCUT2D eigenvalue weighted by atomic mass is 10.3. The van der Waals surface area contributed by atoms with Crippen molar-refractivity contribution in [3.8, 4) is 0 Å². The van der Waals surface area contributed by atoms with Crippen molar-refractivity contribution < 1.29 is 9.59 Å². The van der Waals surface area contributed by atoms with Gasteiger partial charge in [0.25, 0.3) is 0 Å². The van der Waals surface area contributed by atoms with Crippen molar-refractivity contribution >= 4 is 33.4 Å². The highest BCUT2D eigenvalue weighted by molar-refractivity contribution is 9.10. The third-order valence-electron chi connectivity index (χ3n) is 2.68.